The molecule has 7 heteroatoms. The monoisotopic (exact) mass is 461 g/mol. The van der Waals surface area contributed by atoms with E-state index in [-0.39, 0.29) is 6.42 Å². The fraction of sp³-hybridized carbons (Fsp3) is 0.423. The highest BCUT2D eigenvalue weighted by atomic mass is 19.4. The van der Waals surface area contributed by atoms with Gasteiger partial charge in [0.25, 0.3) is 0 Å². The predicted molar refractivity (Wildman–Crippen MR) is 119 cm³/mol. The first-order valence-electron chi connectivity index (χ1n) is 11.0. The molecule has 0 aliphatic carbocycles. The summed E-state index contributed by atoms with van der Waals surface area (Å²) in [6, 6.07) is 11.6. The zero-order chi connectivity index (χ0) is 24.0. The van der Waals surface area contributed by atoms with E-state index in [9.17, 15) is 22.7 Å². The van der Waals surface area contributed by atoms with Crippen molar-refractivity contribution in [2.24, 2.45) is 0 Å². The van der Waals surface area contributed by atoms with Crippen LogP contribution in [0.1, 0.15) is 49.1 Å². The lowest BCUT2D eigenvalue weighted by Crippen LogP contribution is -2.49. The van der Waals surface area contributed by atoms with Gasteiger partial charge in [-0.3, -0.25) is 4.98 Å². The van der Waals surface area contributed by atoms with Gasteiger partial charge in [0.2, 0.25) is 0 Å². The number of alkyl halides is 3. The number of aliphatic hydroxyl groups is 1. The molecular formula is C26H27F4NO2. The maximum absolute atomic E-state index is 14.2. The van der Waals surface area contributed by atoms with Crippen LogP contribution in [-0.4, -0.2) is 28.5 Å². The Kier molecular flexibility index (Phi) is 5.89. The minimum absolute atomic E-state index is 0.0198. The minimum atomic E-state index is -4.86. The highest BCUT2D eigenvalue weighted by Gasteiger charge is 2.55. The molecule has 0 saturated carbocycles. The number of fused-ring (bicyclic) bond motifs is 2. The number of pyridine rings is 1. The number of hydrogen-bond acceptors (Lipinski definition) is 3. The van der Waals surface area contributed by atoms with Crippen LogP contribution in [-0.2, 0) is 18.3 Å². The van der Waals surface area contributed by atoms with E-state index in [0.717, 1.165) is 11.1 Å². The average Bonchev–Trinajstić information content (AvgIpc) is 3.18. The van der Waals surface area contributed by atoms with E-state index in [2.05, 4.69) is 4.98 Å². The van der Waals surface area contributed by atoms with Crippen LogP contribution in [0.25, 0.3) is 10.9 Å². The van der Waals surface area contributed by atoms with E-state index in [4.69, 9.17) is 4.74 Å². The zero-order valence-electron chi connectivity index (χ0n) is 18.9. The molecule has 176 valence electrons. The first kappa shape index (κ1) is 23.5. The molecule has 0 unspecified atom stereocenters. The number of ether oxygens (including phenoxy) is 1. The molecular weight excluding hydrogens is 434 g/mol. The third-order valence-corrected chi connectivity index (χ3v) is 6.51. The maximum atomic E-state index is 14.2. The maximum Gasteiger partial charge on any atom is 0.417 e. The second kappa shape index (κ2) is 8.28. The number of hydrogen-bond donors (Lipinski definition) is 1. The van der Waals surface area contributed by atoms with Crippen molar-refractivity contribution >= 4 is 10.9 Å². The average molecular weight is 461 g/mol. The molecule has 0 saturated heterocycles. The van der Waals surface area contributed by atoms with E-state index >= 15 is 0 Å². The van der Waals surface area contributed by atoms with Crippen molar-refractivity contribution in [1.29, 1.82) is 0 Å². The van der Waals surface area contributed by atoms with Crippen LogP contribution in [0, 0.1) is 12.7 Å². The summed E-state index contributed by atoms with van der Waals surface area (Å²) in [7, 11) is 0. The second-order valence-electron chi connectivity index (χ2n) is 9.57. The second-order valence-corrected chi connectivity index (χ2v) is 9.57. The predicted octanol–water partition coefficient (Wildman–Crippen LogP) is 6.21. The minimum Gasteiger partial charge on any atom is -0.493 e. The van der Waals surface area contributed by atoms with Gasteiger partial charge in [-0.25, -0.2) is 4.39 Å². The van der Waals surface area contributed by atoms with E-state index in [1.54, 1.807) is 26.0 Å². The Labute approximate surface area is 190 Å². The van der Waals surface area contributed by atoms with Gasteiger partial charge in [-0.1, -0.05) is 32.0 Å². The lowest BCUT2D eigenvalue weighted by atomic mass is 9.72. The Bertz CT molecular complexity index is 1190. The van der Waals surface area contributed by atoms with Gasteiger partial charge in [0, 0.05) is 28.6 Å². The summed E-state index contributed by atoms with van der Waals surface area (Å²) in [5, 5.41) is 11.7. The van der Waals surface area contributed by atoms with Crippen molar-refractivity contribution in [1.82, 2.24) is 4.98 Å². The van der Waals surface area contributed by atoms with Crippen LogP contribution in [0.15, 0.2) is 42.5 Å². The van der Waals surface area contributed by atoms with Gasteiger partial charge in [0.05, 0.1) is 12.1 Å². The van der Waals surface area contributed by atoms with E-state index in [1.165, 1.54) is 12.1 Å². The van der Waals surface area contributed by atoms with Crippen LogP contribution in [0.3, 0.4) is 0 Å². The van der Waals surface area contributed by atoms with Crippen molar-refractivity contribution in [3.63, 3.8) is 0 Å². The van der Waals surface area contributed by atoms with Gasteiger partial charge in [0.1, 0.15) is 11.6 Å². The largest absolute Gasteiger partial charge is 0.493 e. The molecule has 0 fully saturated rings. The molecule has 2 aromatic carbocycles. The fourth-order valence-electron chi connectivity index (χ4n) is 4.81. The molecule has 0 spiro atoms. The molecule has 0 amide bonds. The number of nitrogens with zero attached hydrogens (tertiary/aromatic N) is 1. The number of halogens is 4. The molecule has 1 aliphatic heterocycles. The quantitative estimate of drug-likeness (QED) is 0.444. The van der Waals surface area contributed by atoms with Gasteiger partial charge in [-0.05, 0) is 61.4 Å². The summed E-state index contributed by atoms with van der Waals surface area (Å²) in [5.41, 5.74) is -0.939. The summed E-state index contributed by atoms with van der Waals surface area (Å²) >= 11 is 0. The van der Waals surface area contributed by atoms with Crippen LogP contribution in [0.4, 0.5) is 17.6 Å². The topological polar surface area (TPSA) is 42.4 Å². The van der Waals surface area contributed by atoms with Crippen LogP contribution < -0.4 is 4.74 Å². The third kappa shape index (κ3) is 4.56. The summed E-state index contributed by atoms with van der Waals surface area (Å²) in [6.07, 6.45) is -5.47. The van der Waals surface area contributed by atoms with Crippen molar-refractivity contribution in [3.8, 4) is 5.75 Å². The van der Waals surface area contributed by atoms with E-state index in [1.807, 2.05) is 25.1 Å². The van der Waals surface area contributed by atoms with Crippen LogP contribution in [0.2, 0.25) is 0 Å². The highest BCUT2D eigenvalue weighted by molar-refractivity contribution is 5.82. The van der Waals surface area contributed by atoms with Crippen molar-refractivity contribution in [2.75, 3.05) is 6.61 Å². The molecule has 1 N–H and O–H groups in total. The van der Waals surface area contributed by atoms with Crippen molar-refractivity contribution in [2.45, 2.75) is 63.6 Å². The standard InChI is InChI=1S/C26H27F4NO2/c1-16-7-8-20-17(5-4-6-22(20)31-16)9-11-25(32,26(28,29)30)15-24(2,3)21-14-19(27)13-18-10-12-33-23(18)21/h4-8,13-14,32H,9-12,15H2,1-3H3/t25-/m1/s1. The lowest BCUT2D eigenvalue weighted by molar-refractivity contribution is -0.269. The number of benzene rings is 2. The Morgan fingerprint density at radius 1 is 1.09 bits per heavy atom. The van der Waals surface area contributed by atoms with Gasteiger partial charge >= 0.3 is 6.18 Å². The normalized spacial score (nSPS) is 15.9. The van der Waals surface area contributed by atoms with Gasteiger partial charge in [-0.2, -0.15) is 13.2 Å². The Hall–Kier alpha value is -2.67. The Morgan fingerprint density at radius 2 is 1.85 bits per heavy atom. The molecule has 1 aliphatic rings. The van der Waals surface area contributed by atoms with Gasteiger partial charge in [-0.15, -0.1) is 0 Å². The molecule has 2 heterocycles. The summed E-state index contributed by atoms with van der Waals surface area (Å²) in [6.45, 7) is 5.39. The molecule has 4 rings (SSSR count). The number of rotatable bonds is 6. The van der Waals surface area contributed by atoms with Crippen molar-refractivity contribution < 1.29 is 27.4 Å². The van der Waals surface area contributed by atoms with E-state index in [0.29, 0.717) is 41.0 Å². The molecule has 3 aromatic rings. The summed E-state index contributed by atoms with van der Waals surface area (Å²) in [5.74, 6) is -0.0853. The smallest absolute Gasteiger partial charge is 0.417 e. The summed E-state index contributed by atoms with van der Waals surface area (Å²) < 4.78 is 62.5. The number of aryl methyl sites for hydroxylation is 2. The van der Waals surface area contributed by atoms with Gasteiger partial charge in [0.15, 0.2) is 5.60 Å². The lowest BCUT2D eigenvalue weighted by Gasteiger charge is -2.38. The molecule has 33 heavy (non-hydrogen) atoms. The first-order chi connectivity index (χ1) is 15.4. The van der Waals surface area contributed by atoms with Crippen LogP contribution in [0.5, 0.6) is 5.75 Å². The molecule has 1 aromatic heterocycles. The molecule has 0 radical (unpaired) electrons. The molecule has 3 nitrogen and oxygen atoms in total. The van der Waals surface area contributed by atoms with Crippen LogP contribution >= 0.6 is 0 Å². The highest BCUT2D eigenvalue weighted by Crippen LogP contribution is 2.47. The number of aromatic nitrogens is 1. The molecule has 0 bridgehead atoms. The third-order valence-electron chi connectivity index (χ3n) is 6.51. The van der Waals surface area contributed by atoms with Crippen molar-refractivity contribution in [3.05, 3.63) is 70.7 Å². The Morgan fingerprint density at radius 3 is 2.58 bits per heavy atom. The SMILES string of the molecule is Cc1ccc2c(CC[C@@](O)(CC(C)(C)c3cc(F)cc4c3OCC4)C(F)(F)F)cccc2n1. The summed E-state index contributed by atoms with van der Waals surface area (Å²) in [4.78, 5) is 4.44. The van der Waals surface area contributed by atoms with E-state index < -0.39 is 35.9 Å². The Balaban J connectivity index is 1.65. The van der Waals surface area contributed by atoms with Gasteiger partial charge < -0.3 is 9.84 Å². The zero-order valence-corrected chi connectivity index (χ0v) is 18.9. The first-order valence-corrected chi connectivity index (χ1v) is 11.0. The fourth-order valence-corrected chi connectivity index (χ4v) is 4.81. The molecule has 1 atom stereocenters.